The number of oxime groups is 1. The van der Waals surface area contributed by atoms with Crippen LogP contribution >= 0.6 is 0 Å². The van der Waals surface area contributed by atoms with Crippen molar-refractivity contribution in [3.05, 3.63) is 41.6 Å². The molecular weight excluding hydrogens is 218 g/mol. The monoisotopic (exact) mass is 231 g/mol. The third-order valence-electron chi connectivity index (χ3n) is 2.36. The van der Waals surface area contributed by atoms with Gasteiger partial charge < -0.3 is 9.94 Å². The molecule has 88 valence electrons. The topological polar surface area (TPSA) is 59.6 Å². The van der Waals surface area contributed by atoms with Crippen molar-refractivity contribution in [2.24, 2.45) is 12.2 Å². The summed E-state index contributed by atoms with van der Waals surface area (Å²) in [6.45, 7) is 1.83. The third kappa shape index (κ3) is 2.28. The highest BCUT2D eigenvalue weighted by atomic mass is 16.5. The van der Waals surface area contributed by atoms with Crippen molar-refractivity contribution in [1.82, 2.24) is 9.78 Å². The number of para-hydroxylation sites is 1. The molecule has 2 aromatic rings. The van der Waals surface area contributed by atoms with Crippen LogP contribution in [0, 0.1) is 6.92 Å². The van der Waals surface area contributed by atoms with Crippen molar-refractivity contribution in [2.45, 2.75) is 6.92 Å². The smallest absolute Gasteiger partial charge is 0.226 e. The van der Waals surface area contributed by atoms with Gasteiger partial charge in [0.25, 0.3) is 0 Å². The van der Waals surface area contributed by atoms with E-state index in [1.54, 1.807) is 11.7 Å². The zero-order valence-electron chi connectivity index (χ0n) is 9.66. The number of hydrogen-bond donors (Lipinski definition) is 1. The molecule has 0 spiro atoms. The Labute approximate surface area is 98.9 Å². The van der Waals surface area contributed by atoms with Crippen molar-refractivity contribution in [3.63, 3.8) is 0 Å². The van der Waals surface area contributed by atoms with E-state index in [0.29, 0.717) is 17.2 Å². The van der Waals surface area contributed by atoms with Crippen LogP contribution in [-0.4, -0.2) is 21.2 Å². The van der Waals surface area contributed by atoms with Gasteiger partial charge in [-0.3, -0.25) is 0 Å². The minimum absolute atomic E-state index is 0.548. The van der Waals surface area contributed by atoms with Gasteiger partial charge in [0.05, 0.1) is 17.5 Å². The molecule has 1 aromatic heterocycles. The first-order valence-electron chi connectivity index (χ1n) is 5.16. The van der Waals surface area contributed by atoms with Gasteiger partial charge in [0.1, 0.15) is 5.75 Å². The van der Waals surface area contributed by atoms with E-state index in [1.165, 1.54) is 6.21 Å². The Morgan fingerprint density at radius 2 is 2.06 bits per heavy atom. The second kappa shape index (κ2) is 4.69. The third-order valence-corrected chi connectivity index (χ3v) is 2.36. The van der Waals surface area contributed by atoms with Crippen LogP contribution in [0.4, 0.5) is 0 Å². The molecule has 0 atom stereocenters. The molecule has 17 heavy (non-hydrogen) atoms. The van der Waals surface area contributed by atoms with Crippen molar-refractivity contribution in [1.29, 1.82) is 0 Å². The first-order valence-corrected chi connectivity index (χ1v) is 5.16. The SMILES string of the molecule is Cc1nn(C)c(Oc2ccccc2)c1C=NO. The lowest BCUT2D eigenvalue weighted by Crippen LogP contribution is -1.96. The molecule has 0 radical (unpaired) electrons. The summed E-state index contributed by atoms with van der Waals surface area (Å²) in [5.74, 6) is 1.26. The highest BCUT2D eigenvalue weighted by Gasteiger charge is 2.13. The molecule has 5 nitrogen and oxygen atoms in total. The van der Waals surface area contributed by atoms with Gasteiger partial charge in [-0.15, -0.1) is 0 Å². The van der Waals surface area contributed by atoms with Gasteiger partial charge in [-0.2, -0.15) is 5.10 Å². The standard InChI is InChI=1S/C12H13N3O2/c1-9-11(8-13-16)12(15(2)14-9)17-10-6-4-3-5-7-10/h3-8,16H,1-2H3. The van der Waals surface area contributed by atoms with Gasteiger partial charge >= 0.3 is 0 Å². The number of aromatic nitrogens is 2. The van der Waals surface area contributed by atoms with E-state index in [2.05, 4.69) is 10.3 Å². The van der Waals surface area contributed by atoms with Crippen molar-refractivity contribution in [2.75, 3.05) is 0 Å². The number of nitrogens with zero attached hydrogens (tertiary/aromatic N) is 3. The minimum atomic E-state index is 0.548. The second-order valence-corrected chi connectivity index (χ2v) is 3.59. The Bertz CT molecular complexity index is 532. The van der Waals surface area contributed by atoms with Crippen LogP contribution in [0.1, 0.15) is 11.3 Å². The second-order valence-electron chi connectivity index (χ2n) is 3.59. The molecule has 5 heteroatoms. The Balaban J connectivity index is 2.38. The van der Waals surface area contributed by atoms with Crippen LogP contribution in [0.5, 0.6) is 11.6 Å². The average Bonchev–Trinajstić information content (AvgIpc) is 2.58. The lowest BCUT2D eigenvalue weighted by Gasteiger charge is -2.06. The quantitative estimate of drug-likeness (QED) is 0.501. The van der Waals surface area contributed by atoms with Crippen LogP contribution in [0.15, 0.2) is 35.5 Å². The predicted octanol–water partition coefficient (Wildman–Crippen LogP) is 2.33. The van der Waals surface area contributed by atoms with E-state index in [4.69, 9.17) is 9.94 Å². The van der Waals surface area contributed by atoms with Crippen LogP contribution < -0.4 is 4.74 Å². The Morgan fingerprint density at radius 1 is 1.35 bits per heavy atom. The zero-order valence-corrected chi connectivity index (χ0v) is 9.66. The van der Waals surface area contributed by atoms with Gasteiger partial charge in [0, 0.05) is 7.05 Å². The van der Waals surface area contributed by atoms with Gasteiger partial charge in [-0.05, 0) is 19.1 Å². The van der Waals surface area contributed by atoms with Gasteiger partial charge in [-0.1, -0.05) is 23.4 Å². The fourth-order valence-electron chi connectivity index (χ4n) is 1.58. The lowest BCUT2D eigenvalue weighted by atomic mass is 10.3. The number of benzene rings is 1. The zero-order chi connectivity index (χ0) is 12.3. The Morgan fingerprint density at radius 3 is 2.71 bits per heavy atom. The maximum atomic E-state index is 8.62. The summed E-state index contributed by atoms with van der Waals surface area (Å²) in [5.41, 5.74) is 1.41. The van der Waals surface area contributed by atoms with Crippen molar-refractivity contribution >= 4 is 6.21 Å². The van der Waals surface area contributed by atoms with E-state index in [0.717, 1.165) is 5.69 Å². The summed E-state index contributed by atoms with van der Waals surface area (Å²) in [6.07, 6.45) is 1.32. The normalized spacial score (nSPS) is 10.9. The summed E-state index contributed by atoms with van der Waals surface area (Å²) in [5, 5.41) is 15.9. The van der Waals surface area contributed by atoms with E-state index in [1.807, 2.05) is 37.3 Å². The molecule has 0 amide bonds. The summed E-state index contributed by atoms with van der Waals surface area (Å²) >= 11 is 0. The summed E-state index contributed by atoms with van der Waals surface area (Å²) < 4.78 is 7.32. The molecule has 0 aliphatic heterocycles. The molecule has 0 bridgehead atoms. The van der Waals surface area contributed by atoms with Gasteiger partial charge in [-0.25, -0.2) is 4.68 Å². The van der Waals surface area contributed by atoms with E-state index in [9.17, 15) is 0 Å². The first kappa shape index (κ1) is 11.2. The van der Waals surface area contributed by atoms with Crippen LogP contribution in [-0.2, 0) is 7.05 Å². The molecule has 0 saturated heterocycles. The Kier molecular flexibility index (Phi) is 3.09. The number of hydrogen-bond acceptors (Lipinski definition) is 4. The maximum absolute atomic E-state index is 8.62. The first-order chi connectivity index (χ1) is 8.22. The van der Waals surface area contributed by atoms with Crippen LogP contribution in [0.3, 0.4) is 0 Å². The molecule has 0 aliphatic rings. The molecule has 0 fully saturated rings. The largest absolute Gasteiger partial charge is 0.439 e. The molecule has 1 N–H and O–H groups in total. The van der Waals surface area contributed by atoms with E-state index < -0.39 is 0 Å². The van der Waals surface area contributed by atoms with E-state index in [-0.39, 0.29) is 0 Å². The molecule has 0 aliphatic carbocycles. The molecular formula is C12H13N3O2. The highest BCUT2D eigenvalue weighted by molar-refractivity contribution is 5.84. The lowest BCUT2D eigenvalue weighted by molar-refractivity contribution is 0.321. The van der Waals surface area contributed by atoms with Gasteiger partial charge in [0.2, 0.25) is 5.88 Å². The fourth-order valence-corrected chi connectivity index (χ4v) is 1.58. The number of rotatable bonds is 3. The number of aryl methyl sites for hydroxylation is 2. The van der Waals surface area contributed by atoms with Crippen molar-refractivity contribution < 1.29 is 9.94 Å². The maximum Gasteiger partial charge on any atom is 0.226 e. The Hall–Kier alpha value is -2.30. The fraction of sp³-hybridized carbons (Fsp3) is 0.167. The highest BCUT2D eigenvalue weighted by Crippen LogP contribution is 2.25. The van der Waals surface area contributed by atoms with Crippen LogP contribution in [0.25, 0.3) is 0 Å². The average molecular weight is 231 g/mol. The summed E-state index contributed by atoms with van der Waals surface area (Å²) in [6, 6.07) is 9.39. The molecule has 1 heterocycles. The van der Waals surface area contributed by atoms with Crippen LogP contribution in [0.2, 0.25) is 0 Å². The van der Waals surface area contributed by atoms with Gasteiger partial charge in [0.15, 0.2) is 0 Å². The minimum Gasteiger partial charge on any atom is -0.439 e. The molecule has 0 saturated carbocycles. The summed E-state index contributed by atoms with van der Waals surface area (Å²) in [7, 11) is 1.78. The summed E-state index contributed by atoms with van der Waals surface area (Å²) in [4.78, 5) is 0. The van der Waals surface area contributed by atoms with E-state index >= 15 is 0 Å². The predicted molar refractivity (Wildman–Crippen MR) is 63.8 cm³/mol. The number of ether oxygens (including phenoxy) is 1. The molecule has 1 aromatic carbocycles. The molecule has 0 unspecified atom stereocenters. The molecule has 2 rings (SSSR count). The van der Waals surface area contributed by atoms with Crippen molar-refractivity contribution in [3.8, 4) is 11.6 Å².